The molecule has 0 radical (unpaired) electrons. The average molecular weight is 528 g/mol. The first-order chi connectivity index (χ1) is 18.5. The number of carbonyl (C=O) groups is 2. The van der Waals surface area contributed by atoms with Gasteiger partial charge in [0.25, 0.3) is 5.91 Å². The van der Waals surface area contributed by atoms with Crippen LogP contribution in [0.5, 0.6) is 5.75 Å². The highest BCUT2D eigenvalue weighted by Gasteiger charge is 2.34. The van der Waals surface area contributed by atoms with Gasteiger partial charge in [-0.1, -0.05) is 29.8 Å². The van der Waals surface area contributed by atoms with Crippen LogP contribution in [0.3, 0.4) is 0 Å². The van der Waals surface area contributed by atoms with Crippen LogP contribution in [0.1, 0.15) is 41.7 Å². The quantitative estimate of drug-likeness (QED) is 0.238. The molecule has 194 valence electrons. The largest absolute Gasteiger partial charge is 0.494 e. The third-order valence-corrected chi connectivity index (χ3v) is 7.06. The molecule has 0 aliphatic carbocycles. The number of hydrogen-bond donors (Lipinski definition) is 0. The molecule has 0 fully saturated rings. The Morgan fingerprint density at radius 1 is 0.947 bits per heavy atom. The highest BCUT2D eigenvalue weighted by molar-refractivity contribution is 6.30. The van der Waals surface area contributed by atoms with Crippen molar-refractivity contribution in [3.05, 3.63) is 113 Å². The number of aromatic nitrogens is 1. The third-order valence-electron chi connectivity index (χ3n) is 6.81. The molecule has 2 heterocycles. The maximum absolute atomic E-state index is 13.6. The molecule has 0 saturated heterocycles. The van der Waals surface area contributed by atoms with Crippen molar-refractivity contribution in [3.8, 4) is 5.75 Å². The minimum Gasteiger partial charge on any atom is -0.494 e. The van der Waals surface area contributed by atoms with E-state index >= 15 is 0 Å². The van der Waals surface area contributed by atoms with Crippen LogP contribution in [0.15, 0.2) is 97.3 Å². The van der Waals surface area contributed by atoms with Gasteiger partial charge in [-0.3, -0.25) is 9.59 Å². The fourth-order valence-electron chi connectivity index (χ4n) is 5.01. The number of fused-ring (bicyclic) bond motifs is 1. The van der Waals surface area contributed by atoms with Gasteiger partial charge in [-0.25, -0.2) is 0 Å². The zero-order valence-electron chi connectivity index (χ0n) is 21.3. The van der Waals surface area contributed by atoms with Crippen molar-refractivity contribution in [2.45, 2.75) is 32.4 Å². The normalized spacial score (nSPS) is 14.6. The van der Waals surface area contributed by atoms with Gasteiger partial charge in [0, 0.05) is 54.4 Å². The molecule has 1 aromatic heterocycles. The van der Waals surface area contributed by atoms with Gasteiger partial charge >= 0.3 is 0 Å². The molecular formula is C31H30ClN3O3. The summed E-state index contributed by atoms with van der Waals surface area (Å²) in [6, 6.07) is 26.2. The van der Waals surface area contributed by atoms with E-state index in [-0.39, 0.29) is 17.9 Å². The fraction of sp³-hybridized carbons (Fsp3) is 0.226. The van der Waals surface area contributed by atoms with E-state index in [1.165, 1.54) is 0 Å². The first-order valence-electron chi connectivity index (χ1n) is 12.8. The van der Waals surface area contributed by atoms with E-state index in [9.17, 15) is 9.59 Å². The van der Waals surface area contributed by atoms with Crippen molar-refractivity contribution in [1.29, 1.82) is 0 Å². The summed E-state index contributed by atoms with van der Waals surface area (Å²) in [6.45, 7) is 3.57. The van der Waals surface area contributed by atoms with E-state index in [1.807, 2.05) is 85.2 Å². The van der Waals surface area contributed by atoms with E-state index in [4.69, 9.17) is 16.3 Å². The molecule has 7 heteroatoms. The van der Waals surface area contributed by atoms with Crippen molar-refractivity contribution in [3.63, 3.8) is 0 Å². The monoisotopic (exact) mass is 527 g/mol. The Bertz CT molecular complexity index is 1380. The number of para-hydroxylation sites is 1. The topological polar surface area (TPSA) is 54.8 Å². The van der Waals surface area contributed by atoms with Gasteiger partial charge in [-0.15, -0.1) is 0 Å². The molecule has 0 saturated carbocycles. The predicted octanol–water partition coefficient (Wildman–Crippen LogP) is 6.76. The number of rotatable bonds is 8. The molecule has 0 bridgehead atoms. The molecule has 6 nitrogen and oxygen atoms in total. The van der Waals surface area contributed by atoms with Crippen LogP contribution in [0.4, 0.5) is 11.4 Å². The number of halogens is 1. The summed E-state index contributed by atoms with van der Waals surface area (Å²) in [5.74, 6) is 0.611. The van der Waals surface area contributed by atoms with Gasteiger partial charge in [-0.05, 0) is 85.1 Å². The second-order valence-electron chi connectivity index (χ2n) is 9.33. The fourth-order valence-corrected chi connectivity index (χ4v) is 5.14. The highest BCUT2D eigenvalue weighted by atomic mass is 35.5. The lowest BCUT2D eigenvalue weighted by Crippen LogP contribution is -2.42. The standard InChI is InChI=1S/C31H30ClN3O3/c1-23(36)35(26-13-11-25(32)12-14-26)30-17-21-34(29-8-3-2-7-28(29)30)31(37)24-9-15-27(16-10-24)38-22-6-20-33-18-4-5-19-33/h2-5,7-16,18-19,30H,6,17,20-22H2,1H3. The molecule has 3 aromatic carbocycles. The van der Waals surface area contributed by atoms with E-state index in [2.05, 4.69) is 4.57 Å². The van der Waals surface area contributed by atoms with E-state index in [0.29, 0.717) is 30.2 Å². The Hall–Kier alpha value is -4.03. The lowest BCUT2D eigenvalue weighted by Gasteiger charge is -2.39. The second-order valence-corrected chi connectivity index (χ2v) is 9.77. The Morgan fingerprint density at radius 3 is 2.37 bits per heavy atom. The molecule has 38 heavy (non-hydrogen) atoms. The Balaban J connectivity index is 1.30. The van der Waals surface area contributed by atoms with E-state index in [0.717, 1.165) is 35.7 Å². The van der Waals surface area contributed by atoms with Gasteiger partial charge in [-0.2, -0.15) is 0 Å². The van der Waals surface area contributed by atoms with Crippen LogP contribution >= 0.6 is 11.6 Å². The Kier molecular flexibility index (Phi) is 7.80. The Morgan fingerprint density at radius 2 is 1.66 bits per heavy atom. The van der Waals surface area contributed by atoms with Crippen LogP contribution in [-0.2, 0) is 11.3 Å². The predicted molar refractivity (Wildman–Crippen MR) is 151 cm³/mol. The first-order valence-corrected chi connectivity index (χ1v) is 13.2. The summed E-state index contributed by atoms with van der Waals surface area (Å²) in [6.07, 6.45) is 5.59. The molecule has 1 atom stereocenters. The van der Waals surface area contributed by atoms with Crippen LogP contribution in [0, 0.1) is 0 Å². The third kappa shape index (κ3) is 5.60. The smallest absolute Gasteiger partial charge is 0.258 e. The zero-order valence-corrected chi connectivity index (χ0v) is 22.1. The lowest BCUT2D eigenvalue weighted by atomic mass is 9.93. The second kappa shape index (κ2) is 11.6. The minimum absolute atomic E-state index is 0.0594. The molecule has 1 aliphatic heterocycles. The summed E-state index contributed by atoms with van der Waals surface area (Å²) < 4.78 is 7.99. The number of carbonyl (C=O) groups excluding carboxylic acids is 2. The molecule has 2 amide bonds. The highest BCUT2D eigenvalue weighted by Crippen LogP contribution is 2.40. The van der Waals surface area contributed by atoms with E-state index in [1.54, 1.807) is 28.9 Å². The molecule has 5 rings (SSSR count). The number of aryl methyl sites for hydroxylation is 1. The number of nitrogens with zero attached hydrogens (tertiary/aromatic N) is 3. The number of ether oxygens (including phenoxy) is 1. The van der Waals surface area contributed by atoms with Crippen molar-refractivity contribution in [2.75, 3.05) is 23.0 Å². The van der Waals surface area contributed by atoms with Crippen molar-refractivity contribution in [2.24, 2.45) is 0 Å². The molecule has 1 unspecified atom stereocenters. The van der Waals surface area contributed by atoms with Gasteiger partial charge in [0.05, 0.1) is 12.6 Å². The maximum Gasteiger partial charge on any atom is 0.258 e. The van der Waals surface area contributed by atoms with Crippen LogP contribution in [0.25, 0.3) is 0 Å². The number of benzene rings is 3. The average Bonchev–Trinajstić information content (AvgIpc) is 3.46. The number of hydrogen-bond acceptors (Lipinski definition) is 3. The zero-order chi connectivity index (χ0) is 26.5. The van der Waals surface area contributed by atoms with Crippen molar-refractivity contribution in [1.82, 2.24) is 4.57 Å². The minimum atomic E-state index is -0.184. The first kappa shape index (κ1) is 25.6. The molecule has 4 aromatic rings. The van der Waals surface area contributed by atoms with Gasteiger partial charge in [0.15, 0.2) is 0 Å². The molecule has 0 spiro atoms. The summed E-state index contributed by atoms with van der Waals surface area (Å²) in [5, 5.41) is 0.617. The van der Waals surface area contributed by atoms with E-state index < -0.39 is 0 Å². The lowest BCUT2D eigenvalue weighted by molar-refractivity contribution is -0.117. The van der Waals surface area contributed by atoms with Crippen LogP contribution < -0.4 is 14.5 Å². The van der Waals surface area contributed by atoms with Gasteiger partial charge < -0.3 is 19.1 Å². The molecular weight excluding hydrogens is 498 g/mol. The van der Waals surface area contributed by atoms with Crippen LogP contribution in [0.2, 0.25) is 5.02 Å². The number of anilines is 2. The summed E-state index contributed by atoms with van der Waals surface area (Å²) in [5.41, 5.74) is 3.14. The number of amides is 2. The summed E-state index contributed by atoms with van der Waals surface area (Å²) in [4.78, 5) is 29.9. The SMILES string of the molecule is CC(=O)N(c1ccc(Cl)cc1)C1CCN(C(=O)c2ccc(OCCCn3cccc3)cc2)c2ccccc21. The van der Waals surface area contributed by atoms with Crippen molar-refractivity contribution >= 4 is 34.8 Å². The summed E-state index contributed by atoms with van der Waals surface area (Å²) >= 11 is 6.08. The summed E-state index contributed by atoms with van der Waals surface area (Å²) in [7, 11) is 0. The maximum atomic E-state index is 13.6. The van der Waals surface area contributed by atoms with Gasteiger partial charge in [0.2, 0.25) is 5.91 Å². The van der Waals surface area contributed by atoms with Crippen molar-refractivity contribution < 1.29 is 14.3 Å². The Labute approximate surface area is 228 Å². The van der Waals surface area contributed by atoms with Gasteiger partial charge in [0.1, 0.15) is 5.75 Å². The van der Waals surface area contributed by atoms with Crippen LogP contribution in [-0.4, -0.2) is 29.5 Å². The molecule has 1 aliphatic rings. The molecule has 0 N–H and O–H groups in total.